The standard InChI is InChI=1S/C28H28N2O7S/c1-35-19-9-7-18(8-10-19)14-37-28(34)25-21(20-15-36-12-11-22(20)31)16-38-27-24(26(33)30(25)27)29-23(32)13-17-5-3-2-4-6-17/h2-10,20,24,27H,11-16H2,1H3,(H,29,32)/t20?,24-,27-/m1/s1. The Hall–Kier alpha value is -3.63. The van der Waals surface area contributed by atoms with E-state index in [1.165, 1.54) is 16.7 Å². The van der Waals surface area contributed by atoms with Gasteiger partial charge in [-0.05, 0) is 28.8 Å². The summed E-state index contributed by atoms with van der Waals surface area (Å²) in [6.45, 7) is 0.494. The smallest absolute Gasteiger partial charge is 0.355 e. The molecule has 0 spiro atoms. The summed E-state index contributed by atoms with van der Waals surface area (Å²) in [6, 6.07) is 15.6. The molecule has 3 aliphatic rings. The van der Waals surface area contributed by atoms with Crippen LogP contribution >= 0.6 is 11.8 Å². The van der Waals surface area contributed by atoms with Crippen molar-refractivity contribution < 1.29 is 33.4 Å². The molecule has 9 nitrogen and oxygen atoms in total. The van der Waals surface area contributed by atoms with E-state index in [0.717, 1.165) is 11.1 Å². The quantitative estimate of drug-likeness (QED) is 0.404. The van der Waals surface area contributed by atoms with Crippen molar-refractivity contribution in [2.45, 2.75) is 30.9 Å². The van der Waals surface area contributed by atoms with Crippen LogP contribution in [-0.4, -0.2) is 66.0 Å². The molecular weight excluding hydrogens is 508 g/mol. The Morgan fingerprint density at radius 3 is 2.55 bits per heavy atom. The number of ketones is 1. The van der Waals surface area contributed by atoms with Gasteiger partial charge in [-0.3, -0.25) is 19.3 Å². The van der Waals surface area contributed by atoms with E-state index < -0.39 is 29.2 Å². The Morgan fingerprint density at radius 1 is 1.08 bits per heavy atom. The van der Waals surface area contributed by atoms with Gasteiger partial charge in [0.2, 0.25) is 5.91 Å². The van der Waals surface area contributed by atoms with E-state index in [2.05, 4.69) is 5.32 Å². The number of carbonyl (C=O) groups excluding carboxylic acids is 4. The number of carbonyl (C=O) groups is 4. The molecule has 198 valence electrons. The van der Waals surface area contributed by atoms with Gasteiger partial charge in [-0.2, -0.15) is 0 Å². The van der Waals surface area contributed by atoms with E-state index in [1.807, 2.05) is 30.3 Å². The number of esters is 1. The third-order valence-corrected chi connectivity index (χ3v) is 8.13. The Bertz CT molecular complexity index is 1260. The molecule has 2 saturated heterocycles. The number of thioether (sulfide) groups is 1. The average molecular weight is 537 g/mol. The molecule has 2 fully saturated rings. The van der Waals surface area contributed by atoms with Crippen LogP contribution in [0.4, 0.5) is 0 Å². The van der Waals surface area contributed by atoms with Crippen molar-refractivity contribution in [3.63, 3.8) is 0 Å². The van der Waals surface area contributed by atoms with Crippen LogP contribution in [0.25, 0.3) is 0 Å². The van der Waals surface area contributed by atoms with Gasteiger partial charge in [-0.25, -0.2) is 4.79 Å². The second-order valence-electron chi connectivity index (χ2n) is 9.26. The zero-order valence-corrected chi connectivity index (χ0v) is 21.7. The van der Waals surface area contributed by atoms with Crippen molar-refractivity contribution in [3.8, 4) is 5.75 Å². The highest BCUT2D eigenvalue weighted by atomic mass is 32.2. The van der Waals surface area contributed by atoms with E-state index >= 15 is 0 Å². The highest BCUT2D eigenvalue weighted by Gasteiger charge is 2.55. The average Bonchev–Trinajstić information content (AvgIpc) is 2.95. The normalized spacial score (nSPS) is 22.9. The molecule has 2 aromatic rings. The van der Waals surface area contributed by atoms with Crippen molar-refractivity contribution in [1.82, 2.24) is 10.2 Å². The van der Waals surface area contributed by atoms with Gasteiger partial charge in [0.05, 0.1) is 32.7 Å². The van der Waals surface area contributed by atoms with Crippen LogP contribution in [0.2, 0.25) is 0 Å². The minimum atomic E-state index is -0.763. The Kier molecular flexibility index (Phi) is 7.80. The van der Waals surface area contributed by atoms with Crippen LogP contribution in [-0.2, 0) is 41.7 Å². The summed E-state index contributed by atoms with van der Waals surface area (Å²) < 4.78 is 16.3. The predicted octanol–water partition coefficient (Wildman–Crippen LogP) is 2.24. The lowest BCUT2D eigenvalue weighted by molar-refractivity contribution is -0.153. The van der Waals surface area contributed by atoms with Gasteiger partial charge in [-0.15, -0.1) is 11.8 Å². The maximum atomic E-state index is 13.4. The zero-order valence-electron chi connectivity index (χ0n) is 20.9. The molecule has 3 atom stereocenters. The second-order valence-corrected chi connectivity index (χ2v) is 10.4. The molecule has 3 heterocycles. The summed E-state index contributed by atoms with van der Waals surface area (Å²) >= 11 is 1.42. The number of hydrogen-bond acceptors (Lipinski definition) is 8. The zero-order chi connectivity index (χ0) is 26.6. The van der Waals surface area contributed by atoms with E-state index in [4.69, 9.17) is 14.2 Å². The molecule has 0 bridgehead atoms. The topological polar surface area (TPSA) is 111 Å². The fraction of sp³-hybridized carbons (Fsp3) is 0.357. The Balaban J connectivity index is 1.34. The maximum absolute atomic E-state index is 13.4. The number of amides is 2. The predicted molar refractivity (Wildman–Crippen MR) is 139 cm³/mol. The van der Waals surface area contributed by atoms with Crippen molar-refractivity contribution >= 4 is 35.3 Å². The molecule has 2 aromatic carbocycles. The molecule has 0 saturated carbocycles. The first-order valence-electron chi connectivity index (χ1n) is 12.4. The molecule has 0 radical (unpaired) electrons. The minimum absolute atomic E-state index is 0.00813. The highest BCUT2D eigenvalue weighted by Crippen LogP contribution is 2.43. The van der Waals surface area contributed by atoms with Crippen molar-refractivity contribution in [2.75, 3.05) is 26.1 Å². The van der Waals surface area contributed by atoms with Crippen LogP contribution in [0.5, 0.6) is 5.75 Å². The summed E-state index contributed by atoms with van der Waals surface area (Å²) in [7, 11) is 1.57. The summed E-state index contributed by atoms with van der Waals surface area (Å²) in [4.78, 5) is 53.4. The number of hydrogen-bond donors (Lipinski definition) is 1. The summed E-state index contributed by atoms with van der Waals surface area (Å²) in [5.41, 5.74) is 2.22. The first-order valence-corrected chi connectivity index (χ1v) is 13.4. The summed E-state index contributed by atoms with van der Waals surface area (Å²) in [5.74, 6) is -0.953. The molecule has 3 aliphatic heterocycles. The lowest BCUT2D eigenvalue weighted by Gasteiger charge is -2.50. The van der Waals surface area contributed by atoms with Gasteiger partial charge in [0.1, 0.15) is 35.3 Å². The number of nitrogens with zero attached hydrogens (tertiary/aromatic N) is 1. The molecule has 0 aliphatic carbocycles. The van der Waals surface area contributed by atoms with Gasteiger partial charge in [0, 0.05) is 12.2 Å². The molecule has 10 heteroatoms. The first kappa shape index (κ1) is 26.0. The molecule has 5 rings (SSSR count). The lowest BCUT2D eigenvalue weighted by Crippen LogP contribution is -2.71. The van der Waals surface area contributed by atoms with E-state index in [0.29, 0.717) is 23.7 Å². The van der Waals surface area contributed by atoms with Crippen molar-refractivity contribution in [3.05, 3.63) is 77.0 Å². The Morgan fingerprint density at radius 2 is 1.84 bits per heavy atom. The number of fused-ring (bicyclic) bond motifs is 1. The monoisotopic (exact) mass is 536 g/mol. The molecular formula is C28H28N2O7S. The minimum Gasteiger partial charge on any atom is -0.497 e. The van der Waals surface area contributed by atoms with Crippen LogP contribution in [0, 0.1) is 5.92 Å². The third-order valence-electron chi connectivity index (χ3n) is 6.83. The number of methoxy groups -OCH3 is 1. The van der Waals surface area contributed by atoms with Gasteiger partial charge >= 0.3 is 5.97 Å². The molecule has 1 unspecified atom stereocenters. The number of ether oxygens (including phenoxy) is 3. The maximum Gasteiger partial charge on any atom is 0.355 e. The first-order chi connectivity index (χ1) is 18.5. The Labute approximate surface area is 224 Å². The van der Waals surface area contributed by atoms with Crippen LogP contribution < -0.4 is 10.1 Å². The molecule has 38 heavy (non-hydrogen) atoms. The van der Waals surface area contributed by atoms with E-state index in [1.54, 1.807) is 31.4 Å². The number of Topliss-reactive ketones (excluding diaryl/α,β-unsaturated/α-hetero) is 1. The number of rotatable bonds is 8. The van der Waals surface area contributed by atoms with Gasteiger partial charge in [0.25, 0.3) is 5.91 Å². The summed E-state index contributed by atoms with van der Waals surface area (Å²) in [6.07, 6.45) is 0.399. The summed E-state index contributed by atoms with van der Waals surface area (Å²) in [5, 5.41) is 2.35. The van der Waals surface area contributed by atoms with Crippen LogP contribution in [0.15, 0.2) is 65.9 Å². The van der Waals surface area contributed by atoms with Gasteiger partial charge in [0.15, 0.2) is 0 Å². The number of nitrogens with one attached hydrogen (secondary N) is 1. The lowest BCUT2D eigenvalue weighted by atomic mass is 9.89. The SMILES string of the molecule is COc1ccc(COC(=O)C2=C(C3COCCC3=O)CS[C@@H]3[C@H](NC(=O)Cc4ccccc4)C(=O)N23)cc1. The molecule has 1 N–H and O–H groups in total. The third kappa shape index (κ3) is 5.32. The molecule has 0 aromatic heterocycles. The fourth-order valence-corrected chi connectivity index (χ4v) is 6.20. The fourth-order valence-electron chi connectivity index (χ4n) is 4.78. The van der Waals surface area contributed by atoms with Crippen molar-refractivity contribution in [2.24, 2.45) is 5.92 Å². The second kappa shape index (κ2) is 11.4. The molecule has 2 amide bonds. The van der Waals surface area contributed by atoms with Crippen LogP contribution in [0.3, 0.4) is 0 Å². The number of β-lactam (4-membered cyclic amide) rings is 1. The highest BCUT2D eigenvalue weighted by molar-refractivity contribution is 8.00. The van der Waals surface area contributed by atoms with Gasteiger partial charge in [-0.1, -0.05) is 42.5 Å². The van der Waals surface area contributed by atoms with Gasteiger partial charge < -0.3 is 19.5 Å². The van der Waals surface area contributed by atoms with E-state index in [-0.39, 0.29) is 43.4 Å². The van der Waals surface area contributed by atoms with E-state index in [9.17, 15) is 19.2 Å². The number of benzene rings is 2. The van der Waals surface area contributed by atoms with Crippen LogP contribution in [0.1, 0.15) is 17.5 Å². The van der Waals surface area contributed by atoms with Crippen molar-refractivity contribution in [1.29, 1.82) is 0 Å². The largest absolute Gasteiger partial charge is 0.497 e.